The molecular weight excluding hydrogens is 608 g/mol. The lowest BCUT2D eigenvalue weighted by Gasteiger charge is -2.37. The SMILES string of the molecule is C=CCNC(=O)C(=O)C(CC=C)NC(=O)[C@@H]1[C@@H](C=C)CCN1C(=O)[C@@H](NC(=O)N[C@H](CNCCCCSO)C(C)(C)C)C(C)(C)C. The van der Waals surface area contributed by atoms with Crippen molar-refractivity contribution in [1.29, 1.82) is 0 Å². The minimum atomic E-state index is -1.17. The van der Waals surface area contributed by atoms with Gasteiger partial charge >= 0.3 is 6.03 Å². The van der Waals surface area contributed by atoms with Crippen LogP contribution in [0.1, 0.15) is 67.2 Å². The molecule has 13 heteroatoms. The van der Waals surface area contributed by atoms with Crippen molar-refractivity contribution >= 4 is 41.6 Å². The Labute approximate surface area is 279 Å². The highest BCUT2D eigenvalue weighted by Crippen LogP contribution is 2.30. The predicted octanol–water partition coefficient (Wildman–Crippen LogP) is 3.03. The Balaban J connectivity index is 3.15. The summed E-state index contributed by atoms with van der Waals surface area (Å²) in [5.41, 5.74) is -1.00. The molecule has 0 saturated carbocycles. The van der Waals surface area contributed by atoms with Gasteiger partial charge in [-0.1, -0.05) is 59.8 Å². The van der Waals surface area contributed by atoms with Crippen molar-refractivity contribution in [2.45, 2.75) is 91.4 Å². The Kier molecular flexibility index (Phi) is 17.3. The third kappa shape index (κ3) is 12.9. The Bertz CT molecular complexity index is 1090. The highest BCUT2D eigenvalue weighted by Gasteiger charge is 2.46. The number of urea groups is 1. The molecule has 0 radical (unpaired) electrons. The van der Waals surface area contributed by atoms with Crippen LogP contribution in [0.5, 0.6) is 0 Å². The molecule has 0 spiro atoms. The monoisotopic (exact) mass is 664 g/mol. The van der Waals surface area contributed by atoms with Crippen molar-refractivity contribution in [3.05, 3.63) is 38.0 Å². The van der Waals surface area contributed by atoms with Crippen LogP contribution >= 0.6 is 12.0 Å². The van der Waals surface area contributed by atoms with E-state index in [1.807, 2.05) is 41.5 Å². The zero-order valence-corrected chi connectivity index (χ0v) is 29.3. The number of likely N-dealkylation sites (tertiary alicyclic amines) is 1. The summed E-state index contributed by atoms with van der Waals surface area (Å²) in [5, 5.41) is 14.3. The minimum Gasteiger partial charge on any atom is -0.346 e. The number of hydrogen-bond acceptors (Lipinski definition) is 8. The summed E-state index contributed by atoms with van der Waals surface area (Å²) in [6.07, 6.45) is 6.71. The number of carbonyl (C=O) groups excluding carboxylic acids is 5. The molecule has 0 aliphatic carbocycles. The van der Waals surface area contributed by atoms with Crippen LogP contribution in [0.2, 0.25) is 0 Å². The number of nitrogens with zero attached hydrogens (tertiary/aromatic N) is 1. The number of amides is 5. The average molecular weight is 665 g/mol. The van der Waals surface area contributed by atoms with Gasteiger partial charge in [-0.15, -0.1) is 19.7 Å². The van der Waals surface area contributed by atoms with E-state index in [1.54, 1.807) is 6.08 Å². The van der Waals surface area contributed by atoms with Gasteiger partial charge in [-0.05, 0) is 55.1 Å². The first-order valence-corrected chi connectivity index (χ1v) is 16.8. The molecule has 1 unspecified atom stereocenters. The fourth-order valence-corrected chi connectivity index (χ4v) is 5.43. The standard InChI is InChI=1S/C33H56N6O6S/c1-10-15-23(26(40)29(42)35-17-11-2)36-28(41)25-22(12-3)16-19-39(25)30(43)27(33(7,8)9)38-31(44)37-24(32(4,5)6)21-34-18-13-14-20-46-45/h10-12,22-25,27,34,45H,1-3,13-21H2,4-9H3,(H,35,42)(H,36,41)(H2,37,38,44)/t22-,23?,24+,25-,27+/m0/s1. The van der Waals surface area contributed by atoms with Crippen molar-refractivity contribution in [3.63, 3.8) is 0 Å². The molecule has 1 saturated heterocycles. The Morgan fingerprint density at radius 1 is 0.957 bits per heavy atom. The van der Waals surface area contributed by atoms with Crippen molar-refractivity contribution in [3.8, 4) is 0 Å². The number of unbranched alkanes of at least 4 members (excludes halogenated alkanes) is 1. The van der Waals surface area contributed by atoms with E-state index in [0.717, 1.165) is 31.4 Å². The molecule has 5 atom stereocenters. The van der Waals surface area contributed by atoms with Crippen LogP contribution in [0.3, 0.4) is 0 Å². The van der Waals surface area contributed by atoms with Crippen LogP contribution < -0.4 is 26.6 Å². The van der Waals surface area contributed by atoms with Gasteiger partial charge < -0.3 is 36.0 Å². The van der Waals surface area contributed by atoms with Crippen LogP contribution in [0.25, 0.3) is 0 Å². The molecule has 0 aromatic rings. The fraction of sp³-hybridized carbons (Fsp3) is 0.667. The third-order valence-corrected chi connectivity index (χ3v) is 8.36. The van der Waals surface area contributed by atoms with Gasteiger partial charge in [0.15, 0.2) is 0 Å². The highest BCUT2D eigenvalue weighted by atomic mass is 32.2. The lowest BCUT2D eigenvalue weighted by Crippen LogP contribution is -2.62. The van der Waals surface area contributed by atoms with Crippen molar-refractivity contribution in [1.82, 2.24) is 31.5 Å². The molecule has 260 valence electrons. The number of nitrogens with one attached hydrogen (secondary N) is 5. The van der Waals surface area contributed by atoms with E-state index in [1.165, 1.54) is 17.1 Å². The molecular formula is C33H56N6O6S. The molecule has 1 fully saturated rings. The second-order valence-corrected chi connectivity index (χ2v) is 14.4. The highest BCUT2D eigenvalue weighted by molar-refractivity contribution is 7.93. The Morgan fingerprint density at radius 2 is 1.63 bits per heavy atom. The summed E-state index contributed by atoms with van der Waals surface area (Å²) >= 11 is 0.824. The Hall–Kier alpha value is -3.16. The second kappa shape index (κ2) is 19.5. The van der Waals surface area contributed by atoms with Gasteiger partial charge in [0.25, 0.3) is 5.91 Å². The molecule has 1 aliphatic rings. The molecule has 0 aromatic heterocycles. The normalized spacial score (nSPS) is 18.5. The van der Waals surface area contributed by atoms with Crippen molar-refractivity contribution in [2.24, 2.45) is 16.7 Å². The molecule has 1 heterocycles. The molecule has 5 amide bonds. The summed E-state index contributed by atoms with van der Waals surface area (Å²) in [6, 6.07) is -3.90. The number of Topliss-reactive ketones (excluding diaryl/α,β-unsaturated/α-hetero) is 1. The van der Waals surface area contributed by atoms with Crippen LogP contribution in [0.4, 0.5) is 4.79 Å². The number of ketones is 1. The van der Waals surface area contributed by atoms with Gasteiger partial charge in [0.2, 0.25) is 17.6 Å². The lowest BCUT2D eigenvalue weighted by atomic mass is 9.85. The van der Waals surface area contributed by atoms with E-state index in [2.05, 4.69) is 46.3 Å². The number of carbonyl (C=O) groups is 5. The summed E-state index contributed by atoms with van der Waals surface area (Å²) in [6.45, 7) is 24.1. The fourth-order valence-electron chi connectivity index (χ4n) is 5.09. The van der Waals surface area contributed by atoms with Crippen LogP contribution in [-0.4, -0.2) is 95.1 Å². The van der Waals surface area contributed by atoms with Gasteiger partial charge in [-0.2, -0.15) is 0 Å². The van der Waals surface area contributed by atoms with E-state index in [9.17, 15) is 24.0 Å². The first-order valence-electron chi connectivity index (χ1n) is 15.8. The van der Waals surface area contributed by atoms with Gasteiger partial charge in [-0.25, -0.2) is 4.79 Å². The second-order valence-electron chi connectivity index (χ2n) is 13.7. The van der Waals surface area contributed by atoms with Crippen LogP contribution in [-0.2, 0) is 19.2 Å². The number of hydrogen-bond donors (Lipinski definition) is 6. The van der Waals surface area contributed by atoms with E-state index in [0.29, 0.717) is 18.7 Å². The first-order chi connectivity index (χ1) is 21.5. The minimum absolute atomic E-state index is 0.0172. The van der Waals surface area contributed by atoms with E-state index in [-0.39, 0.29) is 31.0 Å². The maximum Gasteiger partial charge on any atom is 0.315 e. The largest absolute Gasteiger partial charge is 0.346 e. The zero-order chi connectivity index (χ0) is 35.1. The predicted molar refractivity (Wildman–Crippen MR) is 184 cm³/mol. The molecule has 6 N–H and O–H groups in total. The average Bonchev–Trinajstić information content (AvgIpc) is 3.42. The molecule has 12 nitrogen and oxygen atoms in total. The molecule has 1 rings (SSSR count). The third-order valence-electron chi connectivity index (χ3n) is 7.89. The smallest absolute Gasteiger partial charge is 0.315 e. The first kappa shape index (κ1) is 40.9. The van der Waals surface area contributed by atoms with E-state index >= 15 is 0 Å². The van der Waals surface area contributed by atoms with Gasteiger partial charge in [0.05, 0.1) is 0 Å². The van der Waals surface area contributed by atoms with E-state index in [4.69, 9.17) is 4.55 Å². The van der Waals surface area contributed by atoms with Gasteiger partial charge in [-0.3, -0.25) is 19.2 Å². The summed E-state index contributed by atoms with van der Waals surface area (Å²) < 4.78 is 8.90. The zero-order valence-electron chi connectivity index (χ0n) is 28.4. The molecule has 0 bridgehead atoms. The van der Waals surface area contributed by atoms with Crippen molar-refractivity contribution in [2.75, 3.05) is 31.9 Å². The van der Waals surface area contributed by atoms with Gasteiger partial charge in [0.1, 0.15) is 18.1 Å². The van der Waals surface area contributed by atoms with Gasteiger partial charge in [0, 0.05) is 37.3 Å². The Morgan fingerprint density at radius 3 is 2.17 bits per heavy atom. The van der Waals surface area contributed by atoms with Crippen molar-refractivity contribution < 1.29 is 28.5 Å². The van der Waals surface area contributed by atoms with E-state index < -0.39 is 59.0 Å². The molecule has 0 aromatic carbocycles. The summed E-state index contributed by atoms with van der Waals surface area (Å²) in [5.74, 6) is -2.46. The maximum absolute atomic E-state index is 14.1. The lowest BCUT2D eigenvalue weighted by molar-refractivity contribution is -0.144. The molecule has 1 aliphatic heterocycles. The summed E-state index contributed by atoms with van der Waals surface area (Å²) in [4.78, 5) is 67.8. The van der Waals surface area contributed by atoms with Crippen LogP contribution in [0.15, 0.2) is 38.0 Å². The quantitative estimate of drug-likeness (QED) is 0.0530. The summed E-state index contributed by atoms with van der Waals surface area (Å²) in [7, 11) is 0. The van der Waals surface area contributed by atoms with Crippen LogP contribution in [0, 0.1) is 16.7 Å². The maximum atomic E-state index is 14.1. The molecule has 46 heavy (non-hydrogen) atoms. The topological polar surface area (TPSA) is 169 Å². The number of rotatable bonds is 19.